The van der Waals surface area contributed by atoms with Gasteiger partial charge in [0.05, 0.1) is 22.4 Å². The number of rotatable bonds is 3. The summed E-state index contributed by atoms with van der Waals surface area (Å²) < 4.78 is 0. The van der Waals surface area contributed by atoms with Gasteiger partial charge >= 0.3 is 0 Å². The van der Waals surface area contributed by atoms with Crippen molar-refractivity contribution < 1.29 is 19.3 Å². The average Bonchev–Trinajstić information content (AvgIpc) is 3.52. The van der Waals surface area contributed by atoms with Crippen molar-refractivity contribution in [3.63, 3.8) is 0 Å². The van der Waals surface area contributed by atoms with Crippen molar-refractivity contribution in [2.45, 2.75) is 44.7 Å². The Morgan fingerprint density at radius 1 is 1.18 bits per heavy atom. The number of fused-ring (bicyclic) bond motifs is 7. The maximum atomic E-state index is 14.0. The first kappa shape index (κ1) is 21.0. The van der Waals surface area contributed by atoms with E-state index in [4.69, 9.17) is 0 Å². The SMILES string of the molecule is CCc1cccc2c1NC(=O)[C@@]21[C@H]2C(=O)N(c3ccc([N+](=O)[O-])cc3C)C(=O)[C@@H]2[C@H]2CCCN21. The number of hydrogen-bond donors (Lipinski definition) is 1. The normalized spacial score (nSPS) is 29.5. The van der Waals surface area contributed by atoms with E-state index in [9.17, 15) is 24.5 Å². The highest BCUT2D eigenvalue weighted by Gasteiger charge is 2.74. The zero-order valence-electron chi connectivity index (χ0n) is 18.9. The van der Waals surface area contributed by atoms with Crippen molar-refractivity contribution in [2.24, 2.45) is 11.8 Å². The highest BCUT2D eigenvalue weighted by atomic mass is 16.6. The first-order valence-electron chi connectivity index (χ1n) is 11.7. The van der Waals surface area contributed by atoms with E-state index in [2.05, 4.69) is 10.2 Å². The number of para-hydroxylation sites is 1. The van der Waals surface area contributed by atoms with Gasteiger partial charge < -0.3 is 5.32 Å². The van der Waals surface area contributed by atoms with Gasteiger partial charge in [0.15, 0.2) is 0 Å². The van der Waals surface area contributed by atoms with E-state index >= 15 is 0 Å². The molecular weight excluding hydrogens is 436 g/mol. The van der Waals surface area contributed by atoms with Gasteiger partial charge in [-0.2, -0.15) is 0 Å². The van der Waals surface area contributed by atoms with Gasteiger partial charge in [-0.1, -0.05) is 25.1 Å². The number of amides is 3. The second kappa shape index (κ2) is 6.96. The molecule has 4 aliphatic heterocycles. The van der Waals surface area contributed by atoms with Gasteiger partial charge in [0.2, 0.25) is 17.7 Å². The van der Waals surface area contributed by atoms with Gasteiger partial charge in [0.25, 0.3) is 5.69 Å². The largest absolute Gasteiger partial charge is 0.324 e. The average molecular weight is 460 g/mol. The molecule has 174 valence electrons. The minimum absolute atomic E-state index is 0.102. The number of anilines is 2. The van der Waals surface area contributed by atoms with Gasteiger partial charge in [0.1, 0.15) is 5.54 Å². The second-order valence-electron chi connectivity index (χ2n) is 9.56. The summed E-state index contributed by atoms with van der Waals surface area (Å²) in [6.45, 7) is 4.32. The minimum Gasteiger partial charge on any atom is -0.324 e. The number of carbonyl (C=O) groups is 3. The Kier molecular flexibility index (Phi) is 4.29. The standard InChI is InChI=1S/C25H24N4O5/c1-3-14-6-4-7-16-21(14)26-24(32)25(16)20-19(18-8-5-11-27(18)25)22(30)28(23(20)31)17-10-9-15(29(33)34)12-13(17)2/h4,6-7,9-10,12,18-20H,3,5,8,11H2,1-2H3,(H,26,32)/t18-,19-,20-,25+/m1/s1. The molecule has 4 aliphatic rings. The van der Waals surface area contributed by atoms with Crippen LogP contribution in [0.1, 0.15) is 36.5 Å². The molecular formula is C25H24N4O5. The van der Waals surface area contributed by atoms with Crippen LogP contribution in [0.25, 0.3) is 0 Å². The van der Waals surface area contributed by atoms with Crippen molar-refractivity contribution in [1.29, 1.82) is 0 Å². The van der Waals surface area contributed by atoms with Gasteiger partial charge in [-0.05, 0) is 49.9 Å². The fourth-order valence-corrected chi connectivity index (χ4v) is 6.83. The molecule has 4 atom stereocenters. The van der Waals surface area contributed by atoms with Crippen LogP contribution < -0.4 is 10.2 Å². The predicted molar refractivity (Wildman–Crippen MR) is 123 cm³/mol. The Morgan fingerprint density at radius 2 is 1.97 bits per heavy atom. The number of nitrogens with zero attached hydrogens (tertiary/aromatic N) is 3. The molecule has 1 spiro atoms. The van der Waals surface area contributed by atoms with E-state index in [-0.39, 0.29) is 23.5 Å². The minimum atomic E-state index is -1.22. The Morgan fingerprint density at radius 3 is 2.68 bits per heavy atom. The lowest BCUT2D eigenvalue weighted by Gasteiger charge is -2.36. The smallest absolute Gasteiger partial charge is 0.269 e. The van der Waals surface area contributed by atoms with Crippen LogP contribution in [-0.2, 0) is 26.3 Å². The lowest BCUT2D eigenvalue weighted by Crippen LogP contribution is -2.54. The molecule has 0 unspecified atom stereocenters. The predicted octanol–water partition coefficient (Wildman–Crippen LogP) is 2.90. The van der Waals surface area contributed by atoms with Crippen LogP contribution in [0, 0.1) is 28.9 Å². The summed E-state index contributed by atoms with van der Waals surface area (Å²) in [7, 11) is 0. The molecule has 4 heterocycles. The molecule has 6 rings (SSSR count). The number of imide groups is 1. The van der Waals surface area contributed by atoms with Crippen LogP contribution in [-0.4, -0.2) is 40.1 Å². The summed E-state index contributed by atoms with van der Waals surface area (Å²) in [5, 5.41) is 14.2. The molecule has 3 fully saturated rings. The van der Waals surface area contributed by atoms with Crippen molar-refractivity contribution in [3.8, 4) is 0 Å². The third kappa shape index (κ3) is 2.34. The number of non-ortho nitro benzene ring substituents is 1. The zero-order chi connectivity index (χ0) is 23.9. The number of nitrogens with one attached hydrogen (secondary N) is 1. The van der Waals surface area contributed by atoms with Gasteiger partial charge in [-0.15, -0.1) is 0 Å². The van der Waals surface area contributed by atoms with E-state index in [1.54, 1.807) is 6.92 Å². The molecule has 9 heteroatoms. The summed E-state index contributed by atoms with van der Waals surface area (Å²) in [4.78, 5) is 55.6. The molecule has 0 radical (unpaired) electrons. The molecule has 2 aromatic rings. The summed E-state index contributed by atoms with van der Waals surface area (Å²) >= 11 is 0. The highest BCUT2D eigenvalue weighted by molar-refractivity contribution is 6.26. The summed E-state index contributed by atoms with van der Waals surface area (Å²) in [5.74, 6) is -2.45. The van der Waals surface area contributed by atoms with Gasteiger partial charge in [-0.25, -0.2) is 4.90 Å². The molecule has 3 amide bonds. The number of hydrogen-bond acceptors (Lipinski definition) is 6. The van der Waals surface area contributed by atoms with Crippen molar-refractivity contribution in [2.75, 3.05) is 16.8 Å². The van der Waals surface area contributed by atoms with Crippen LogP contribution in [0.4, 0.5) is 17.1 Å². The monoisotopic (exact) mass is 460 g/mol. The number of nitro benzene ring substituents is 1. The molecule has 0 aromatic heterocycles. The maximum absolute atomic E-state index is 14.0. The second-order valence-corrected chi connectivity index (χ2v) is 9.56. The van der Waals surface area contributed by atoms with E-state index < -0.39 is 28.2 Å². The fraction of sp³-hybridized carbons (Fsp3) is 0.400. The van der Waals surface area contributed by atoms with Crippen LogP contribution in [0.2, 0.25) is 0 Å². The molecule has 3 saturated heterocycles. The fourth-order valence-electron chi connectivity index (χ4n) is 6.83. The van der Waals surface area contributed by atoms with Gasteiger partial charge in [-0.3, -0.25) is 29.4 Å². The summed E-state index contributed by atoms with van der Waals surface area (Å²) in [6.07, 6.45) is 2.33. The number of aryl methyl sites for hydroxylation is 2. The molecule has 34 heavy (non-hydrogen) atoms. The first-order valence-corrected chi connectivity index (χ1v) is 11.7. The lowest BCUT2D eigenvalue weighted by molar-refractivity contribution is -0.384. The Labute approximate surface area is 195 Å². The molecule has 9 nitrogen and oxygen atoms in total. The summed E-state index contributed by atoms with van der Waals surface area (Å²) in [5.41, 5.74) is 2.03. The molecule has 2 aromatic carbocycles. The maximum Gasteiger partial charge on any atom is 0.269 e. The third-order valence-electron chi connectivity index (χ3n) is 8.13. The van der Waals surface area contributed by atoms with E-state index in [1.807, 2.05) is 25.1 Å². The molecule has 1 N–H and O–H groups in total. The first-order chi connectivity index (χ1) is 16.3. The number of carbonyl (C=O) groups excluding carboxylic acids is 3. The Hall–Kier alpha value is -3.59. The van der Waals surface area contributed by atoms with E-state index in [0.29, 0.717) is 17.8 Å². The number of benzene rings is 2. The summed E-state index contributed by atoms with van der Waals surface area (Å²) in [6, 6.07) is 9.72. The highest BCUT2D eigenvalue weighted by Crippen LogP contribution is 2.61. The van der Waals surface area contributed by atoms with E-state index in [0.717, 1.165) is 36.1 Å². The topological polar surface area (TPSA) is 113 Å². The molecule has 0 saturated carbocycles. The Bertz CT molecular complexity index is 1310. The van der Waals surface area contributed by atoms with Crippen molar-refractivity contribution in [1.82, 2.24) is 4.90 Å². The van der Waals surface area contributed by atoms with Crippen molar-refractivity contribution in [3.05, 3.63) is 63.2 Å². The Balaban J connectivity index is 1.53. The number of nitro groups is 1. The van der Waals surface area contributed by atoms with E-state index in [1.165, 1.54) is 23.1 Å². The van der Waals surface area contributed by atoms with Crippen molar-refractivity contribution >= 4 is 34.8 Å². The zero-order valence-corrected chi connectivity index (χ0v) is 18.9. The molecule has 0 bridgehead atoms. The van der Waals surface area contributed by atoms with Crippen LogP contribution in [0.3, 0.4) is 0 Å². The van der Waals surface area contributed by atoms with Crippen LogP contribution in [0.5, 0.6) is 0 Å². The molecule has 0 aliphatic carbocycles. The van der Waals surface area contributed by atoms with Crippen LogP contribution >= 0.6 is 0 Å². The quantitative estimate of drug-likeness (QED) is 0.428. The van der Waals surface area contributed by atoms with Crippen LogP contribution in [0.15, 0.2) is 36.4 Å². The third-order valence-corrected chi connectivity index (χ3v) is 8.13. The van der Waals surface area contributed by atoms with Gasteiger partial charge in [0, 0.05) is 29.4 Å². The lowest BCUT2D eigenvalue weighted by atomic mass is 9.75.